The van der Waals surface area contributed by atoms with E-state index >= 15 is 0 Å². The van der Waals surface area contributed by atoms with E-state index < -0.39 is 23.3 Å². The van der Waals surface area contributed by atoms with Gasteiger partial charge in [-0.1, -0.05) is 6.07 Å². The Hall–Kier alpha value is -2.63. The van der Waals surface area contributed by atoms with E-state index in [1.54, 1.807) is 0 Å². The molecule has 0 fully saturated rings. The number of hydrogen-bond acceptors (Lipinski definition) is 3. The number of rotatable bonds is 3. The number of nitrogen functional groups attached to an aromatic ring is 1. The highest BCUT2D eigenvalue weighted by Gasteiger charge is 2.14. The van der Waals surface area contributed by atoms with Crippen molar-refractivity contribution in [2.45, 2.75) is 0 Å². The minimum atomic E-state index is -1.24. The van der Waals surface area contributed by atoms with Gasteiger partial charge in [0.1, 0.15) is 17.3 Å². The van der Waals surface area contributed by atoms with Gasteiger partial charge in [-0.05, 0) is 30.3 Å². The number of anilines is 3. The smallest absolute Gasteiger partial charge is 0.337 e. The number of carboxylic acid groups (broad SMARTS) is 1. The summed E-state index contributed by atoms with van der Waals surface area (Å²) in [6, 6.07) is 7.37. The van der Waals surface area contributed by atoms with E-state index in [0.717, 1.165) is 12.1 Å². The predicted molar refractivity (Wildman–Crippen MR) is 67.5 cm³/mol. The molecule has 0 amide bonds. The SMILES string of the molecule is Nc1ccc(Nc2c(F)cccc2F)c(C(=O)O)c1. The van der Waals surface area contributed by atoms with Crippen molar-refractivity contribution in [3.8, 4) is 0 Å². The summed E-state index contributed by atoms with van der Waals surface area (Å²) < 4.78 is 26.9. The number of nitrogens with one attached hydrogen (secondary N) is 1. The van der Waals surface area contributed by atoms with Gasteiger partial charge in [-0.2, -0.15) is 0 Å². The summed E-state index contributed by atoms with van der Waals surface area (Å²) in [5, 5.41) is 11.5. The zero-order valence-corrected chi connectivity index (χ0v) is 9.65. The zero-order chi connectivity index (χ0) is 14.0. The van der Waals surface area contributed by atoms with E-state index in [2.05, 4.69) is 5.32 Å². The van der Waals surface area contributed by atoms with Gasteiger partial charge in [0.25, 0.3) is 0 Å². The van der Waals surface area contributed by atoms with Crippen molar-refractivity contribution in [2.75, 3.05) is 11.1 Å². The van der Waals surface area contributed by atoms with Crippen LogP contribution in [-0.2, 0) is 0 Å². The summed E-state index contributed by atoms with van der Waals surface area (Å²) in [6.07, 6.45) is 0. The first-order chi connectivity index (χ1) is 8.99. The third kappa shape index (κ3) is 2.62. The number of halogens is 2. The Morgan fingerprint density at radius 2 is 1.79 bits per heavy atom. The van der Waals surface area contributed by atoms with E-state index in [1.165, 1.54) is 24.3 Å². The summed E-state index contributed by atoms with van der Waals surface area (Å²) in [5.41, 5.74) is 5.22. The second-order valence-electron chi connectivity index (χ2n) is 3.83. The number of carboxylic acids is 1. The number of carbonyl (C=O) groups is 1. The molecule has 2 rings (SSSR count). The van der Waals surface area contributed by atoms with Crippen molar-refractivity contribution in [1.82, 2.24) is 0 Å². The molecule has 0 saturated carbocycles. The summed E-state index contributed by atoms with van der Waals surface area (Å²) in [5.74, 6) is -2.87. The van der Waals surface area contributed by atoms with Gasteiger partial charge in [0.05, 0.1) is 11.3 Å². The molecular formula is C13H10F2N2O2. The van der Waals surface area contributed by atoms with Gasteiger partial charge >= 0.3 is 5.97 Å². The predicted octanol–water partition coefficient (Wildman–Crippen LogP) is 2.99. The number of hydrogen-bond donors (Lipinski definition) is 3. The van der Waals surface area contributed by atoms with E-state index in [9.17, 15) is 13.6 Å². The number of para-hydroxylation sites is 1. The summed E-state index contributed by atoms with van der Waals surface area (Å²) >= 11 is 0. The Morgan fingerprint density at radius 1 is 1.16 bits per heavy atom. The second-order valence-corrected chi connectivity index (χ2v) is 3.83. The van der Waals surface area contributed by atoms with Gasteiger partial charge in [0.15, 0.2) is 0 Å². The summed E-state index contributed by atoms with van der Waals surface area (Å²) in [4.78, 5) is 11.1. The lowest BCUT2D eigenvalue weighted by molar-refractivity contribution is 0.0698. The van der Waals surface area contributed by atoms with Gasteiger partial charge < -0.3 is 16.2 Å². The van der Waals surface area contributed by atoms with Crippen LogP contribution >= 0.6 is 0 Å². The molecule has 0 heterocycles. The zero-order valence-electron chi connectivity index (χ0n) is 9.65. The second kappa shape index (κ2) is 4.93. The summed E-state index contributed by atoms with van der Waals surface area (Å²) in [6.45, 7) is 0. The molecule has 0 aliphatic heterocycles. The average Bonchev–Trinajstić information content (AvgIpc) is 2.35. The molecule has 4 N–H and O–H groups in total. The van der Waals surface area contributed by atoms with Crippen LogP contribution in [0.4, 0.5) is 25.8 Å². The highest BCUT2D eigenvalue weighted by molar-refractivity contribution is 5.96. The summed E-state index contributed by atoms with van der Waals surface area (Å²) in [7, 11) is 0. The van der Waals surface area contributed by atoms with Crippen LogP contribution in [0.15, 0.2) is 36.4 Å². The fourth-order valence-corrected chi connectivity index (χ4v) is 1.60. The molecule has 0 aliphatic carbocycles. The molecule has 0 bridgehead atoms. The molecule has 0 spiro atoms. The maximum atomic E-state index is 13.5. The molecule has 6 heteroatoms. The molecule has 19 heavy (non-hydrogen) atoms. The van der Waals surface area contributed by atoms with Crippen LogP contribution in [0.1, 0.15) is 10.4 Å². The van der Waals surface area contributed by atoms with Gasteiger partial charge in [-0.15, -0.1) is 0 Å². The minimum Gasteiger partial charge on any atom is -0.478 e. The normalized spacial score (nSPS) is 10.2. The molecule has 0 unspecified atom stereocenters. The molecule has 4 nitrogen and oxygen atoms in total. The Balaban J connectivity index is 2.47. The van der Waals surface area contributed by atoms with E-state index in [-0.39, 0.29) is 16.9 Å². The Morgan fingerprint density at radius 3 is 2.37 bits per heavy atom. The van der Waals surface area contributed by atoms with Crippen molar-refractivity contribution >= 4 is 23.0 Å². The molecule has 0 aliphatic rings. The molecule has 2 aromatic rings. The maximum Gasteiger partial charge on any atom is 0.337 e. The fraction of sp³-hybridized carbons (Fsp3) is 0. The lowest BCUT2D eigenvalue weighted by Gasteiger charge is -2.11. The largest absolute Gasteiger partial charge is 0.478 e. The molecule has 0 saturated heterocycles. The van der Waals surface area contributed by atoms with Gasteiger partial charge in [0, 0.05) is 5.69 Å². The van der Waals surface area contributed by atoms with E-state index in [4.69, 9.17) is 10.8 Å². The third-order valence-corrected chi connectivity index (χ3v) is 2.50. The van der Waals surface area contributed by atoms with E-state index in [1.807, 2.05) is 0 Å². The van der Waals surface area contributed by atoms with Crippen LogP contribution in [0.25, 0.3) is 0 Å². The van der Waals surface area contributed by atoms with Crippen molar-refractivity contribution in [3.63, 3.8) is 0 Å². The van der Waals surface area contributed by atoms with Crippen LogP contribution in [0, 0.1) is 11.6 Å². The first-order valence-corrected chi connectivity index (χ1v) is 5.33. The van der Waals surface area contributed by atoms with E-state index in [0.29, 0.717) is 0 Å². The number of aromatic carboxylic acids is 1. The van der Waals surface area contributed by atoms with Gasteiger partial charge in [-0.3, -0.25) is 0 Å². The monoisotopic (exact) mass is 264 g/mol. The van der Waals surface area contributed by atoms with Crippen LogP contribution in [0.3, 0.4) is 0 Å². The topological polar surface area (TPSA) is 75.3 Å². The lowest BCUT2D eigenvalue weighted by Crippen LogP contribution is -2.05. The molecule has 2 aromatic carbocycles. The molecule has 98 valence electrons. The van der Waals surface area contributed by atoms with Crippen LogP contribution in [0.5, 0.6) is 0 Å². The first kappa shape index (κ1) is 12.8. The highest BCUT2D eigenvalue weighted by Crippen LogP contribution is 2.26. The van der Waals surface area contributed by atoms with Crippen LogP contribution in [-0.4, -0.2) is 11.1 Å². The van der Waals surface area contributed by atoms with Crippen molar-refractivity contribution in [1.29, 1.82) is 0 Å². The quantitative estimate of drug-likeness (QED) is 0.745. The standard InChI is InChI=1S/C13H10F2N2O2/c14-9-2-1-3-10(15)12(9)17-11-5-4-7(16)6-8(11)13(18)19/h1-6,17H,16H2,(H,18,19). The number of nitrogens with two attached hydrogens (primary N) is 1. The molecular weight excluding hydrogens is 254 g/mol. The lowest BCUT2D eigenvalue weighted by atomic mass is 10.1. The minimum absolute atomic E-state index is 0.0608. The fourth-order valence-electron chi connectivity index (χ4n) is 1.60. The maximum absolute atomic E-state index is 13.5. The average molecular weight is 264 g/mol. The van der Waals surface area contributed by atoms with Crippen LogP contribution in [0.2, 0.25) is 0 Å². The van der Waals surface area contributed by atoms with Crippen molar-refractivity contribution < 1.29 is 18.7 Å². The first-order valence-electron chi connectivity index (χ1n) is 5.33. The van der Waals surface area contributed by atoms with Gasteiger partial charge in [-0.25, -0.2) is 13.6 Å². The van der Waals surface area contributed by atoms with Crippen molar-refractivity contribution in [3.05, 3.63) is 53.6 Å². The number of benzene rings is 2. The Kier molecular flexibility index (Phi) is 3.33. The molecule has 0 aromatic heterocycles. The highest BCUT2D eigenvalue weighted by atomic mass is 19.1. The van der Waals surface area contributed by atoms with Gasteiger partial charge in [0.2, 0.25) is 0 Å². The Bertz CT molecular complexity index is 624. The third-order valence-electron chi connectivity index (χ3n) is 2.50. The molecule has 0 radical (unpaired) electrons. The molecule has 0 atom stereocenters. The van der Waals surface area contributed by atoms with Crippen molar-refractivity contribution in [2.24, 2.45) is 0 Å². The van der Waals surface area contributed by atoms with Crippen LogP contribution < -0.4 is 11.1 Å². The Labute approximate surface area is 107 Å².